The highest BCUT2D eigenvalue weighted by Crippen LogP contribution is 2.39. The van der Waals surface area contributed by atoms with Gasteiger partial charge in [0.05, 0.1) is 0 Å². The first-order valence-electron chi connectivity index (χ1n) is 2.89. The van der Waals surface area contributed by atoms with Crippen molar-refractivity contribution in [3.63, 3.8) is 0 Å². The highest BCUT2D eigenvalue weighted by Gasteiger charge is 2.56. The van der Waals surface area contributed by atoms with Gasteiger partial charge in [0.1, 0.15) is 0 Å². The summed E-state index contributed by atoms with van der Waals surface area (Å²) in [5, 5.41) is 0. The summed E-state index contributed by atoms with van der Waals surface area (Å²) in [5.41, 5.74) is 0. The molecular formula is C5H5F7. The summed E-state index contributed by atoms with van der Waals surface area (Å²) in [7, 11) is 0. The minimum atomic E-state index is -5.73. The topological polar surface area (TPSA) is 0 Å². The Morgan fingerprint density at radius 1 is 0.917 bits per heavy atom. The lowest BCUT2D eigenvalue weighted by Gasteiger charge is -2.18. The van der Waals surface area contributed by atoms with Gasteiger partial charge in [0.25, 0.3) is 0 Å². The van der Waals surface area contributed by atoms with Gasteiger partial charge in [-0.15, -0.1) is 0 Å². The van der Waals surface area contributed by atoms with Crippen LogP contribution in [-0.4, -0.2) is 18.5 Å². The van der Waals surface area contributed by atoms with Gasteiger partial charge in [-0.1, -0.05) is 0 Å². The van der Waals surface area contributed by atoms with Crippen molar-refractivity contribution in [3.05, 3.63) is 0 Å². The Balaban J connectivity index is 4.05. The first kappa shape index (κ1) is 11.5. The standard InChI is InChI=1S/C5H5F7/c6-3(7)1-2-4(8,9)5(10,11)12/h3H,1-2H2. The Kier molecular flexibility index (Phi) is 3.34. The first-order chi connectivity index (χ1) is 5.17. The Bertz CT molecular complexity index is 135. The second-order valence-electron chi connectivity index (χ2n) is 2.13. The Morgan fingerprint density at radius 2 is 1.33 bits per heavy atom. The van der Waals surface area contributed by atoms with Crippen LogP contribution in [-0.2, 0) is 0 Å². The zero-order chi connectivity index (χ0) is 9.99. The molecule has 0 aliphatic rings. The molecule has 0 atom stereocenters. The van der Waals surface area contributed by atoms with Crippen molar-refractivity contribution in [1.82, 2.24) is 0 Å². The van der Waals surface area contributed by atoms with Crippen molar-refractivity contribution in [2.75, 3.05) is 0 Å². The summed E-state index contributed by atoms with van der Waals surface area (Å²) in [6.45, 7) is 0. The van der Waals surface area contributed by atoms with Crippen LogP contribution in [0.2, 0.25) is 0 Å². The summed E-state index contributed by atoms with van der Waals surface area (Å²) >= 11 is 0. The molecule has 0 saturated carbocycles. The lowest BCUT2D eigenvalue weighted by Crippen LogP contribution is -2.36. The van der Waals surface area contributed by atoms with Gasteiger partial charge < -0.3 is 0 Å². The van der Waals surface area contributed by atoms with E-state index >= 15 is 0 Å². The van der Waals surface area contributed by atoms with Crippen LogP contribution in [0.5, 0.6) is 0 Å². The highest BCUT2D eigenvalue weighted by atomic mass is 19.4. The van der Waals surface area contributed by atoms with Gasteiger partial charge in [0, 0.05) is 12.8 Å². The Hall–Kier alpha value is -0.490. The van der Waals surface area contributed by atoms with E-state index in [-0.39, 0.29) is 0 Å². The molecule has 0 heterocycles. The average molecular weight is 198 g/mol. The van der Waals surface area contributed by atoms with Crippen LogP contribution in [0.1, 0.15) is 12.8 Å². The predicted octanol–water partition coefficient (Wildman–Crippen LogP) is 3.23. The molecule has 12 heavy (non-hydrogen) atoms. The van der Waals surface area contributed by atoms with Crippen molar-refractivity contribution in [2.45, 2.75) is 31.4 Å². The highest BCUT2D eigenvalue weighted by molar-refractivity contribution is 4.75. The van der Waals surface area contributed by atoms with Crippen LogP contribution in [0.4, 0.5) is 30.7 Å². The lowest BCUT2D eigenvalue weighted by atomic mass is 10.2. The van der Waals surface area contributed by atoms with Gasteiger partial charge in [-0.2, -0.15) is 22.0 Å². The van der Waals surface area contributed by atoms with E-state index in [4.69, 9.17) is 0 Å². The SMILES string of the molecule is FC(F)CCC(F)(F)C(F)(F)F. The average Bonchev–Trinajstić information content (AvgIpc) is 1.81. The molecule has 7 heteroatoms. The van der Waals surface area contributed by atoms with Gasteiger partial charge in [-0.25, -0.2) is 8.78 Å². The van der Waals surface area contributed by atoms with Crippen molar-refractivity contribution in [3.8, 4) is 0 Å². The molecule has 0 N–H and O–H groups in total. The van der Waals surface area contributed by atoms with Crippen LogP contribution >= 0.6 is 0 Å². The van der Waals surface area contributed by atoms with E-state index in [0.29, 0.717) is 0 Å². The summed E-state index contributed by atoms with van der Waals surface area (Å²) in [6.07, 6.45) is -12.2. The third-order valence-corrected chi connectivity index (χ3v) is 1.09. The van der Waals surface area contributed by atoms with Gasteiger partial charge >= 0.3 is 12.1 Å². The maximum Gasteiger partial charge on any atom is 0.453 e. The maximum atomic E-state index is 11.8. The molecule has 0 rings (SSSR count). The molecule has 74 valence electrons. The fourth-order valence-corrected chi connectivity index (χ4v) is 0.432. The lowest BCUT2D eigenvalue weighted by molar-refractivity contribution is -0.285. The number of rotatable bonds is 3. The molecule has 0 aliphatic heterocycles. The van der Waals surface area contributed by atoms with E-state index in [1.807, 2.05) is 0 Å². The quantitative estimate of drug-likeness (QED) is 0.610. The molecule has 0 fully saturated rings. The predicted molar refractivity (Wildman–Crippen MR) is 26.2 cm³/mol. The van der Waals surface area contributed by atoms with Crippen LogP contribution in [0, 0.1) is 0 Å². The zero-order valence-electron chi connectivity index (χ0n) is 5.64. The zero-order valence-corrected chi connectivity index (χ0v) is 5.64. The van der Waals surface area contributed by atoms with Crippen LogP contribution in [0.15, 0.2) is 0 Å². The minimum absolute atomic E-state index is 1.45. The Morgan fingerprint density at radius 3 is 1.58 bits per heavy atom. The van der Waals surface area contributed by atoms with E-state index in [1.165, 1.54) is 0 Å². The summed E-state index contributed by atoms with van der Waals surface area (Å²) in [5.74, 6) is -5.01. The van der Waals surface area contributed by atoms with E-state index in [1.54, 1.807) is 0 Å². The molecule has 0 aromatic heterocycles. The fourth-order valence-electron chi connectivity index (χ4n) is 0.432. The molecule has 0 bridgehead atoms. The fraction of sp³-hybridized carbons (Fsp3) is 1.00. The van der Waals surface area contributed by atoms with E-state index in [9.17, 15) is 30.7 Å². The first-order valence-corrected chi connectivity index (χ1v) is 2.89. The van der Waals surface area contributed by atoms with Crippen LogP contribution < -0.4 is 0 Å². The molecule has 0 saturated heterocycles. The number of hydrogen-bond donors (Lipinski definition) is 0. The number of alkyl halides is 7. The Labute approximate surface area is 63.4 Å². The normalized spacial score (nSPS) is 14.0. The second kappa shape index (κ2) is 3.49. The smallest absolute Gasteiger partial charge is 0.211 e. The molecule has 0 radical (unpaired) electrons. The molecule has 0 aromatic rings. The number of hydrogen-bond acceptors (Lipinski definition) is 0. The van der Waals surface area contributed by atoms with E-state index in [0.717, 1.165) is 0 Å². The summed E-state index contributed by atoms with van der Waals surface area (Å²) in [6, 6.07) is 0. The molecule has 0 amide bonds. The van der Waals surface area contributed by atoms with Crippen molar-refractivity contribution < 1.29 is 30.7 Å². The van der Waals surface area contributed by atoms with Crippen LogP contribution in [0.3, 0.4) is 0 Å². The van der Waals surface area contributed by atoms with Crippen molar-refractivity contribution >= 4 is 0 Å². The van der Waals surface area contributed by atoms with E-state index < -0.39 is 31.4 Å². The minimum Gasteiger partial charge on any atom is -0.211 e. The number of halogens is 7. The monoisotopic (exact) mass is 198 g/mol. The third kappa shape index (κ3) is 3.27. The maximum absolute atomic E-state index is 11.8. The molecule has 0 aliphatic carbocycles. The molecule has 0 nitrogen and oxygen atoms in total. The van der Waals surface area contributed by atoms with Gasteiger partial charge in [0.2, 0.25) is 6.43 Å². The molecular weight excluding hydrogens is 193 g/mol. The third-order valence-electron chi connectivity index (χ3n) is 1.09. The summed E-state index contributed by atoms with van der Waals surface area (Å²) < 4.78 is 80.0. The largest absolute Gasteiger partial charge is 0.453 e. The van der Waals surface area contributed by atoms with Gasteiger partial charge in [0.15, 0.2) is 0 Å². The van der Waals surface area contributed by atoms with Gasteiger partial charge in [-0.05, 0) is 0 Å². The van der Waals surface area contributed by atoms with Crippen molar-refractivity contribution in [2.24, 2.45) is 0 Å². The molecule has 0 unspecified atom stereocenters. The second-order valence-corrected chi connectivity index (χ2v) is 2.13. The summed E-state index contributed by atoms with van der Waals surface area (Å²) in [4.78, 5) is 0. The van der Waals surface area contributed by atoms with Crippen molar-refractivity contribution in [1.29, 1.82) is 0 Å². The van der Waals surface area contributed by atoms with Gasteiger partial charge in [-0.3, -0.25) is 0 Å². The molecule has 0 spiro atoms. The van der Waals surface area contributed by atoms with E-state index in [2.05, 4.69) is 0 Å². The van der Waals surface area contributed by atoms with Crippen LogP contribution in [0.25, 0.3) is 0 Å². The molecule has 0 aromatic carbocycles.